The lowest BCUT2D eigenvalue weighted by Gasteiger charge is -2.23. The van der Waals surface area contributed by atoms with Gasteiger partial charge in [-0.25, -0.2) is 4.99 Å². The molecule has 60 valence electrons. The Bertz CT molecular complexity index is 249. The van der Waals surface area contributed by atoms with Crippen molar-refractivity contribution in [2.24, 2.45) is 10.7 Å². The average Bonchev–Trinajstić information content (AvgIpc) is 1.97. The van der Waals surface area contributed by atoms with Gasteiger partial charge in [-0.1, -0.05) is 11.6 Å². The third-order valence-corrected chi connectivity index (χ3v) is 1.70. The van der Waals surface area contributed by atoms with E-state index < -0.39 is 11.9 Å². The fraction of sp³-hybridized carbons (Fsp3) is 0.400. The zero-order valence-corrected chi connectivity index (χ0v) is 6.59. The summed E-state index contributed by atoms with van der Waals surface area (Å²) in [6.45, 7) is 0. The smallest absolute Gasteiger partial charge is 0.253 e. The molecular weight excluding hydrogens is 168 g/mol. The van der Waals surface area contributed by atoms with E-state index >= 15 is 0 Å². The van der Waals surface area contributed by atoms with Gasteiger partial charge in [0.25, 0.3) is 5.91 Å². The zero-order chi connectivity index (χ0) is 8.59. The van der Waals surface area contributed by atoms with Crippen molar-refractivity contribution in [1.29, 1.82) is 5.41 Å². The van der Waals surface area contributed by atoms with Gasteiger partial charge < -0.3 is 5.73 Å². The van der Waals surface area contributed by atoms with Crippen LogP contribution in [-0.2, 0) is 4.79 Å². The highest BCUT2D eigenvalue weighted by atomic mass is 35.5. The zero-order valence-electron chi connectivity index (χ0n) is 5.84. The highest BCUT2D eigenvalue weighted by molar-refractivity contribution is 6.69. The predicted octanol–water partition coefficient (Wildman–Crippen LogP) is -0.642. The number of amides is 1. The van der Waals surface area contributed by atoms with Crippen LogP contribution in [-0.4, -0.2) is 35.0 Å². The predicted molar refractivity (Wildman–Crippen MR) is 41.8 cm³/mol. The van der Waals surface area contributed by atoms with E-state index in [4.69, 9.17) is 22.7 Å². The molecule has 5 nitrogen and oxygen atoms in total. The van der Waals surface area contributed by atoms with E-state index in [1.165, 1.54) is 7.05 Å². The molecule has 1 heterocycles. The van der Waals surface area contributed by atoms with Gasteiger partial charge in [0.2, 0.25) is 5.96 Å². The third kappa shape index (κ3) is 1.24. The molecule has 0 fully saturated rings. The van der Waals surface area contributed by atoms with Gasteiger partial charge in [0, 0.05) is 7.05 Å². The highest BCUT2D eigenvalue weighted by Crippen LogP contribution is 2.05. The molecule has 1 aliphatic heterocycles. The quantitative estimate of drug-likeness (QED) is 0.512. The van der Waals surface area contributed by atoms with Crippen LogP contribution in [0.15, 0.2) is 4.99 Å². The molecule has 1 atom stereocenters. The summed E-state index contributed by atoms with van der Waals surface area (Å²) < 4.78 is 0. The maximum atomic E-state index is 11.0. The number of rotatable bonds is 0. The van der Waals surface area contributed by atoms with Crippen LogP contribution in [0, 0.1) is 5.41 Å². The second kappa shape index (κ2) is 2.60. The molecule has 0 saturated carbocycles. The molecular formula is C5H7ClN4O. The number of nitrogens with zero attached hydrogens (tertiary/aromatic N) is 2. The second-order valence-corrected chi connectivity index (χ2v) is 2.52. The normalized spacial score (nSPS) is 25.5. The van der Waals surface area contributed by atoms with E-state index in [1.54, 1.807) is 0 Å². The first kappa shape index (κ1) is 8.16. The van der Waals surface area contributed by atoms with E-state index in [2.05, 4.69) is 4.99 Å². The monoisotopic (exact) mass is 174 g/mol. The fourth-order valence-electron chi connectivity index (χ4n) is 0.661. The van der Waals surface area contributed by atoms with Crippen molar-refractivity contribution < 1.29 is 4.79 Å². The maximum Gasteiger partial charge on any atom is 0.253 e. The minimum absolute atomic E-state index is 0.0295. The van der Waals surface area contributed by atoms with Crippen LogP contribution in [0.4, 0.5) is 0 Å². The van der Waals surface area contributed by atoms with Crippen molar-refractivity contribution in [3.63, 3.8) is 0 Å². The standard InChI is InChI=1S/C5H7ClN4O/c1-10-4(11)2(7)3(6)9-5(10)8/h2,8H,7H2,1H3. The molecule has 11 heavy (non-hydrogen) atoms. The Labute approximate surface area is 68.3 Å². The third-order valence-electron chi connectivity index (χ3n) is 1.38. The molecule has 0 spiro atoms. The molecule has 0 aromatic heterocycles. The molecule has 6 heteroatoms. The van der Waals surface area contributed by atoms with Gasteiger partial charge in [-0.2, -0.15) is 0 Å². The SMILES string of the molecule is CN1C(=N)N=C(Cl)C(N)C1=O. The summed E-state index contributed by atoms with van der Waals surface area (Å²) in [6.07, 6.45) is 0. The van der Waals surface area contributed by atoms with Crippen molar-refractivity contribution in [2.75, 3.05) is 7.05 Å². The number of halogens is 1. The Morgan fingerprint density at radius 3 is 2.91 bits per heavy atom. The lowest BCUT2D eigenvalue weighted by Crippen LogP contribution is -2.51. The first-order valence-electron chi connectivity index (χ1n) is 2.90. The number of likely N-dealkylation sites (N-methyl/N-ethyl adjacent to an activating group) is 1. The van der Waals surface area contributed by atoms with Gasteiger partial charge in [-0.3, -0.25) is 15.1 Å². The molecule has 0 aromatic carbocycles. The minimum Gasteiger partial charge on any atom is -0.314 e. The molecule has 1 rings (SSSR count). The average molecular weight is 175 g/mol. The summed E-state index contributed by atoms with van der Waals surface area (Å²) in [4.78, 5) is 15.6. The summed E-state index contributed by atoms with van der Waals surface area (Å²) in [5, 5.41) is 7.09. The molecule has 1 amide bonds. The Morgan fingerprint density at radius 2 is 2.36 bits per heavy atom. The molecule has 0 saturated heterocycles. The maximum absolute atomic E-state index is 11.0. The molecule has 0 aromatic rings. The van der Waals surface area contributed by atoms with Gasteiger partial charge in [0.15, 0.2) is 0 Å². The van der Waals surface area contributed by atoms with Crippen LogP contribution in [0.2, 0.25) is 0 Å². The summed E-state index contributed by atoms with van der Waals surface area (Å²) in [5.74, 6) is -0.586. The fourth-order valence-corrected chi connectivity index (χ4v) is 0.834. The van der Waals surface area contributed by atoms with Gasteiger partial charge in [0.1, 0.15) is 11.2 Å². The van der Waals surface area contributed by atoms with Crippen LogP contribution < -0.4 is 5.73 Å². The van der Waals surface area contributed by atoms with Gasteiger partial charge in [-0.05, 0) is 0 Å². The number of carbonyl (C=O) groups is 1. The molecule has 1 unspecified atom stereocenters. The molecule has 0 bridgehead atoms. The summed E-state index contributed by atoms with van der Waals surface area (Å²) in [5.41, 5.74) is 5.32. The Hall–Kier alpha value is -0.940. The largest absolute Gasteiger partial charge is 0.314 e. The van der Waals surface area contributed by atoms with Gasteiger partial charge in [0.05, 0.1) is 0 Å². The van der Waals surface area contributed by atoms with Gasteiger partial charge >= 0.3 is 0 Å². The topological polar surface area (TPSA) is 82.5 Å². The van der Waals surface area contributed by atoms with E-state index in [0.29, 0.717) is 0 Å². The van der Waals surface area contributed by atoms with Crippen LogP contribution in [0.25, 0.3) is 0 Å². The summed E-state index contributed by atoms with van der Waals surface area (Å²) in [6, 6.07) is -0.907. The second-order valence-electron chi connectivity index (χ2n) is 2.13. The molecule has 0 radical (unpaired) electrons. The first-order chi connectivity index (χ1) is 5.04. The van der Waals surface area contributed by atoms with E-state index in [9.17, 15) is 4.79 Å². The number of nitrogens with two attached hydrogens (primary N) is 1. The van der Waals surface area contributed by atoms with E-state index in [0.717, 1.165) is 4.90 Å². The van der Waals surface area contributed by atoms with Crippen LogP contribution in [0.3, 0.4) is 0 Å². The van der Waals surface area contributed by atoms with Crippen molar-refractivity contribution >= 4 is 28.6 Å². The van der Waals surface area contributed by atoms with Crippen molar-refractivity contribution in [3.05, 3.63) is 0 Å². The number of nitrogens with one attached hydrogen (secondary N) is 1. The number of aliphatic imine (C=N–C) groups is 1. The Balaban J connectivity index is 3.01. The summed E-state index contributed by atoms with van der Waals surface area (Å²) in [7, 11) is 1.43. The van der Waals surface area contributed by atoms with Crippen molar-refractivity contribution in [1.82, 2.24) is 4.90 Å². The van der Waals surface area contributed by atoms with Gasteiger partial charge in [-0.15, -0.1) is 0 Å². The van der Waals surface area contributed by atoms with Crippen molar-refractivity contribution in [2.45, 2.75) is 6.04 Å². The number of guanidine groups is 1. The minimum atomic E-state index is -0.907. The molecule has 0 aliphatic carbocycles. The van der Waals surface area contributed by atoms with Crippen LogP contribution in [0.5, 0.6) is 0 Å². The lowest BCUT2D eigenvalue weighted by atomic mass is 10.3. The van der Waals surface area contributed by atoms with Crippen LogP contribution >= 0.6 is 11.6 Å². The number of carbonyl (C=O) groups excluding carboxylic acids is 1. The molecule has 1 aliphatic rings. The number of hydrogen-bond donors (Lipinski definition) is 2. The summed E-state index contributed by atoms with van der Waals surface area (Å²) >= 11 is 5.46. The Morgan fingerprint density at radius 1 is 1.82 bits per heavy atom. The lowest BCUT2D eigenvalue weighted by molar-refractivity contribution is -0.126. The number of hydrogen-bond acceptors (Lipinski definition) is 3. The van der Waals surface area contributed by atoms with E-state index in [1.807, 2.05) is 0 Å². The van der Waals surface area contributed by atoms with Crippen LogP contribution in [0.1, 0.15) is 0 Å². The van der Waals surface area contributed by atoms with E-state index in [-0.39, 0.29) is 11.1 Å². The Kier molecular flexibility index (Phi) is 1.92. The first-order valence-corrected chi connectivity index (χ1v) is 3.27. The highest BCUT2D eigenvalue weighted by Gasteiger charge is 2.29. The molecule has 3 N–H and O–H groups in total. The van der Waals surface area contributed by atoms with Crippen molar-refractivity contribution in [3.8, 4) is 0 Å².